The van der Waals surface area contributed by atoms with Crippen LogP contribution < -0.4 is 10.1 Å². The number of amides is 1. The Kier molecular flexibility index (Phi) is 5.22. The zero-order chi connectivity index (χ0) is 17.6. The van der Waals surface area contributed by atoms with Crippen molar-refractivity contribution in [3.63, 3.8) is 0 Å². The van der Waals surface area contributed by atoms with Crippen LogP contribution in [0.4, 0.5) is 5.69 Å². The highest BCUT2D eigenvalue weighted by atomic mass is 32.2. The Morgan fingerprint density at radius 3 is 2.60 bits per heavy atom. The first-order chi connectivity index (χ1) is 12.1. The zero-order valence-corrected chi connectivity index (χ0v) is 14.5. The third kappa shape index (κ3) is 4.52. The Morgan fingerprint density at radius 2 is 1.92 bits per heavy atom. The molecule has 1 amide bonds. The summed E-state index contributed by atoms with van der Waals surface area (Å²) in [5.41, 5.74) is 2.88. The smallest absolute Gasteiger partial charge is 0.264 e. The van der Waals surface area contributed by atoms with Gasteiger partial charge in [-0.2, -0.15) is 0 Å². The van der Waals surface area contributed by atoms with Crippen molar-refractivity contribution in [2.24, 2.45) is 4.99 Å². The molecule has 1 N–H and O–H groups in total. The van der Waals surface area contributed by atoms with E-state index in [1.807, 2.05) is 61.5 Å². The normalized spacial score (nSPS) is 16.7. The van der Waals surface area contributed by atoms with E-state index in [1.54, 1.807) is 0 Å². The van der Waals surface area contributed by atoms with E-state index in [1.165, 1.54) is 17.3 Å². The van der Waals surface area contributed by atoms with E-state index in [-0.39, 0.29) is 12.5 Å². The van der Waals surface area contributed by atoms with Gasteiger partial charge < -0.3 is 10.1 Å². The molecule has 124 valence electrons. The molecule has 3 rings (SSSR count). The highest BCUT2D eigenvalue weighted by Gasteiger charge is 2.23. The quantitative estimate of drug-likeness (QED) is 0.673. The number of benzene rings is 2. The van der Waals surface area contributed by atoms with Gasteiger partial charge in [0.15, 0.2) is 5.17 Å². The summed E-state index contributed by atoms with van der Waals surface area (Å²) < 4.78 is 5.33. The second kappa shape index (κ2) is 7.73. The van der Waals surface area contributed by atoms with Gasteiger partial charge in [0.1, 0.15) is 12.4 Å². The fourth-order valence-electron chi connectivity index (χ4n) is 2.15. The standard InChI is InChI=1S/C20H16N2O2S/c1-3-12-24-17-10-6-15(7-11-17)13-18-19(23)22-20(25-18)21-16-8-4-14(2)5-9-16/h1,4-11,13H,12H2,2H3,(H,21,22,23)/b18-13-. The van der Waals surface area contributed by atoms with Crippen molar-refractivity contribution in [1.29, 1.82) is 0 Å². The number of nitrogens with one attached hydrogen (secondary N) is 1. The summed E-state index contributed by atoms with van der Waals surface area (Å²) in [5, 5.41) is 3.36. The lowest BCUT2D eigenvalue weighted by atomic mass is 10.2. The van der Waals surface area contributed by atoms with Crippen molar-refractivity contribution in [3.8, 4) is 18.1 Å². The maximum Gasteiger partial charge on any atom is 0.264 e. The minimum atomic E-state index is -0.150. The molecule has 25 heavy (non-hydrogen) atoms. The van der Waals surface area contributed by atoms with Gasteiger partial charge in [-0.05, 0) is 54.6 Å². The van der Waals surface area contributed by atoms with E-state index < -0.39 is 0 Å². The molecule has 2 aromatic carbocycles. The van der Waals surface area contributed by atoms with E-state index in [2.05, 4.69) is 16.2 Å². The van der Waals surface area contributed by atoms with Crippen LogP contribution in [0.5, 0.6) is 5.75 Å². The SMILES string of the molecule is C#CCOc1ccc(/C=C2\SC(=Nc3ccc(C)cc3)NC2=O)cc1. The molecule has 0 bridgehead atoms. The molecule has 5 heteroatoms. The van der Waals surface area contributed by atoms with E-state index in [0.29, 0.717) is 15.8 Å². The predicted octanol–water partition coefficient (Wildman–Crippen LogP) is 3.90. The number of hydrogen-bond donors (Lipinski definition) is 1. The average Bonchev–Trinajstić information content (AvgIpc) is 2.95. The number of thioether (sulfide) groups is 1. The Morgan fingerprint density at radius 1 is 1.20 bits per heavy atom. The Balaban J connectivity index is 1.72. The first-order valence-corrected chi connectivity index (χ1v) is 8.48. The molecule has 0 radical (unpaired) electrons. The third-order valence-electron chi connectivity index (χ3n) is 3.42. The van der Waals surface area contributed by atoms with Crippen molar-refractivity contribution in [3.05, 3.63) is 64.6 Å². The molecule has 0 unspecified atom stereocenters. The lowest BCUT2D eigenvalue weighted by Crippen LogP contribution is -2.19. The molecule has 0 aliphatic carbocycles. The molecule has 4 nitrogen and oxygen atoms in total. The van der Waals surface area contributed by atoms with Crippen LogP contribution in [-0.4, -0.2) is 17.7 Å². The number of carbonyl (C=O) groups excluding carboxylic acids is 1. The molecule has 0 saturated carbocycles. The highest BCUT2D eigenvalue weighted by Crippen LogP contribution is 2.28. The number of hydrogen-bond acceptors (Lipinski definition) is 4. The first-order valence-electron chi connectivity index (χ1n) is 7.66. The number of nitrogens with zero attached hydrogens (tertiary/aromatic N) is 1. The van der Waals surface area contributed by atoms with Crippen LogP contribution in [0.1, 0.15) is 11.1 Å². The summed E-state index contributed by atoms with van der Waals surface area (Å²) >= 11 is 1.32. The number of amidine groups is 1. The first kappa shape index (κ1) is 16.9. The summed E-state index contributed by atoms with van der Waals surface area (Å²) in [6, 6.07) is 15.2. The number of aliphatic imine (C=N–C) groups is 1. The van der Waals surface area contributed by atoms with Gasteiger partial charge in [0.05, 0.1) is 10.6 Å². The Bertz CT molecular complexity index is 875. The fourth-order valence-corrected chi connectivity index (χ4v) is 3.00. The van der Waals surface area contributed by atoms with Crippen LogP contribution in [0.3, 0.4) is 0 Å². The fraction of sp³-hybridized carbons (Fsp3) is 0.100. The van der Waals surface area contributed by atoms with Crippen molar-refractivity contribution in [1.82, 2.24) is 5.32 Å². The Hall–Kier alpha value is -2.97. The molecule has 0 aromatic heterocycles. The van der Waals surface area contributed by atoms with Crippen LogP contribution in [0.2, 0.25) is 0 Å². The number of rotatable bonds is 4. The minimum Gasteiger partial charge on any atom is -0.481 e. The van der Waals surface area contributed by atoms with E-state index in [9.17, 15) is 4.79 Å². The maximum absolute atomic E-state index is 12.1. The summed E-state index contributed by atoms with van der Waals surface area (Å²) in [4.78, 5) is 17.2. The summed E-state index contributed by atoms with van der Waals surface area (Å²) in [5.74, 6) is 2.97. The van der Waals surface area contributed by atoms with Crippen LogP contribution in [0.15, 0.2) is 58.4 Å². The number of carbonyl (C=O) groups is 1. The molecule has 1 saturated heterocycles. The Labute approximate surface area is 151 Å². The second-order valence-corrected chi connectivity index (χ2v) is 6.41. The molecule has 1 aliphatic heterocycles. The molecule has 2 aromatic rings. The molecule has 0 atom stereocenters. The minimum absolute atomic E-state index is 0.150. The van der Waals surface area contributed by atoms with Crippen molar-refractivity contribution >= 4 is 34.6 Å². The largest absolute Gasteiger partial charge is 0.481 e. The van der Waals surface area contributed by atoms with Crippen LogP contribution in [-0.2, 0) is 4.79 Å². The van der Waals surface area contributed by atoms with Gasteiger partial charge in [0, 0.05) is 0 Å². The molecule has 1 aliphatic rings. The lowest BCUT2D eigenvalue weighted by Gasteiger charge is -2.02. The maximum atomic E-state index is 12.1. The second-order valence-electron chi connectivity index (χ2n) is 5.38. The van der Waals surface area contributed by atoms with Gasteiger partial charge in [-0.3, -0.25) is 4.79 Å². The van der Waals surface area contributed by atoms with E-state index >= 15 is 0 Å². The van der Waals surface area contributed by atoms with Crippen LogP contribution in [0, 0.1) is 19.3 Å². The number of ether oxygens (including phenoxy) is 1. The molecular weight excluding hydrogens is 332 g/mol. The topological polar surface area (TPSA) is 50.7 Å². The van der Waals surface area contributed by atoms with Crippen molar-refractivity contribution in [2.75, 3.05) is 6.61 Å². The summed E-state index contributed by atoms with van der Waals surface area (Å²) in [6.45, 7) is 2.25. The van der Waals surface area contributed by atoms with Gasteiger partial charge in [0.25, 0.3) is 5.91 Å². The van der Waals surface area contributed by atoms with Crippen molar-refractivity contribution < 1.29 is 9.53 Å². The third-order valence-corrected chi connectivity index (χ3v) is 4.33. The predicted molar refractivity (Wildman–Crippen MR) is 103 cm³/mol. The zero-order valence-electron chi connectivity index (χ0n) is 13.7. The highest BCUT2D eigenvalue weighted by molar-refractivity contribution is 8.18. The van der Waals surface area contributed by atoms with Crippen LogP contribution >= 0.6 is 11.8 Å². The van der Waals surface area contributed by atoms with Gasteiger partial charge in [0.2, 0.25) is 0 Å². The van der Waals surface area contributed by atoms with Gasteiger partial charge in [-0.25, -0.2) is 4.99 Å². The van der Waals surface area contributed by atoms with Crippen molar-refractivity contribution in [2.45, 2.75) is 6.92 Å². The van der Waals surface area contributed by atoms with Crippen LogP contribution in [0.25, 0.3) is 6.08 Å². The molecule has 0 spiro atoms. The van der Waals surface area contributed by atoms with Gasteiger partial charge in [-0.15, -0.1) is 6.42 Å². The van der Waals surface area contributed by atoms with Gasteiger partial charge in [-0.1, -0.05) is 35.7 Å². The molecule has 1 heterocycles. The molecule has 1 fully saturated rings. The summed E-state index contributed by atoms with van der Waals surface area (Å²) in [6.07, 6.45) is 6.99. The lowest BCUT2D eigenvalue weighted by molar-refractivity contribution is -0.115. The molecular formula is C20H16N2O2S. The monoisotopic (exact) mass is 348 g/mol. The average molecular weight is 348 g/mol. The number of aryl methyl sites for hydroxylation is 1. The number of terminal acetylenes is 1. The summed E-state index contributed by atoms with van der Waals surface area (Å²) in [7, 11) is 0. The van der Waals surface area contributed by atoms with E-state index in [0.717, 1.165) is 11.3 Å². The van der Waals surface area contributed by atoms with E-state index in [4.69, 9.17) is 11.2 Å². The van der Waals surface area contributed by atoms with Gasteiger partial charge >= 0.3 is 0 Å².